The molecule has 2 fully saturated rings. The van der Waals surface area contributed by atoms with Gasteiger partial charge >= 0.3 is 6.03 Å². The van der Waals surface area contributed by atoms with Crippen molar-refractivity contribution in [3.63, 3.8) is 0 Å². The maximum Gasteiger partial charge on any atom is 0.321 e. The molecule has 7 heteroatoms. The number of nitrogens with one attached hydrogen (secondary N) is 2. The highest BCUT2D eigenvalue weighted by atomic mass is 16.2. The van der Waals surface area contributed by atoms with Crippen LogP contribution in [0, 0.1) is 5.92 Å². The van der Waals surface area contributed by atoms with Crippen LogP contribution in [0.4, 0.5) is 10.5 Å². The number of hydrogen-bond acceptors (Lipinski definition) is 4. The van der Waals surface area contributed by atoms with Gasteiger partial charge in [-0.1, -0.05) is 86.0 Å². The highest BCUT2D eigenvalue weighted by Crippen LogP contribution is 2.33. The molecule has 3 aromatic carbocycles. The Labute approximate surface area is 254 Å². The third-order valence-electron chi connectivity index (χ3n) is 9.05. The molecule has 0 spiro atoms. The van der Waals surface area contributed by atoms with Crippen LogP contribution in [0.2, 0.25) is 0 Å². The van der Waals surface area contributed by atoms with Gasteiger partial charge in [-0.05, 0) is 43.9 Å². The molecule has 0 radical (unpaired) electrons. The predicted octanol–water partition coefficient (Wildman–Crippen LogP) is 6.95. The van der Waals surface area contributed by atoms with Crippen molar-refractivity contribution in [2.45, 2.75) is 51.6 Å². The highest BCUT2D eigenvalue weighted by molar-refractivity contribution is 6.09. The van der Waals surface area contributed by atoms with E-state index < -0.39 is 0 Å². The molecule has 2 aliphatic rings. The lowest BCUT2D eigenvalue weighted by atomic mass is 9.84. The number of benzene rings is 3. The number of carbonyl (C=O) groups excluding carboxylic acids is 2. The average Bonchev–Trinajstić information content (AvgIpc) is 3.06. The lowest BCUT2D eigenvalue weighted by Gasteiger charge is -2.35. The van der Waals surface area contributed by atoms with Crippen molar-refractivity contribution in [1.82, 2.24) is 20.1 Å². The molecule has 0 bridgehead atoms. The van der Waals surface area contributed by atoms with Crippen LogP contribution in [0.1, 0.15) is 54.9 Å². The first kappa shape index (κ1) is 28.9. The first-order chi connectivity index (χ1) is 21.1. The van der Waals surface area contributed by atoms with Crippen LogP contribution < -0.4 is 10.6 Å². The summed E-state index contributed by atoms with van der Waals surface area (Å²) in [6.07, 6.45) is 6.10. The van der Waals surface area contributed by atoms with E-state index in [1.165, 1.54) is 32.1 Å². The summed E-state index contributed by atoms with van der Waals surface area (Å²) < 4.78 is 0. The summed E-state index contributed by atoms with van der Waals surface area (Å²) in [7, 11) is 0. The minimum Gasteiger partial charge on any atom is -0.349 e. The number of nitrogens with zero attached hydrogens (tertiary/aromatic N) is 3. The van der Waals surface area contributed by atoms with Crippen LogP contribution in [0.25, 0.3) is 22.2 Å². The molecule has 2 heterocycles. The molecule has 1 aliphatic carbocycles. The normalized spacial score (nSPS) is 17.0. The second kappa shape index (κ2) is 13.4. The van der Waals surface area contributed by atoms with E-state index in [2.05, 4.69) is 34.6 Å². The maximum absolute atomic E-state index is 14.3. The topological polar surface area (TPSA) is 77.6 Å². The lowest BCUT2D eigenvalue weighted by Crippen LogP contribution is -2.49. The van der Waals surface area contributed by atoms with E-state index in [-0.39, 0.29) is 18.0 Å². The van der Waals surface area contributed by atoms with Crippen molar-refractivity contribution in [2.24, 2.45) is 5.92 Å². The van der Waals surface area contributed by atoms with Crippen molar-refractivity contribution < 1.29 is 9.59 Å². The summed E-state index contributed by atoms with van der Waals surface area (Å²) in [5, 5.41) is 7.30. The zero-order valence-corrected chi connectivity index (χ0v) is 25.0. The van der Waals surface area contributed by atoms with E-state index in [0.29, 0.717) is 38.6 Å². The second-order valence-electron chi connectivity index (χ2n) is 11.9. The first-order valence-corrected chi connectivity index (χ1v) is 15.7. The number of piperazine rings is 1. The zero-order valence-electron chi connectivity index (χ0n) is 25.0. The Bertz CT molecular complexity index is 1540. The molecule has 7 nitrogen and oxygen atoms in total. The number of amides is 3. The van der Waals surface area contributed by atoms with Gasteiger partial charge in [0.2, 0.25) is 0 Å². The second-order valence-corrected chi connectivity index (χ2v) is 11.9. The number of anilines is 1. The van der Waals surface area contributed by atoms with Gasteiger partial charge in [0.25, 0.3) is 5.91 Å². The summed E-state index contributed by atoms with van der Waals surface area (Å²) in [5.41, 5.74) is 5.13. The third kappa shape index (κ3) is 6.73. The van der Waals surface area contributed by atoms with Crippen LogP contribution in [0.5, 0.6) is 0 Å². The molecule has 1 atom stereocenters. The van der Waals surface area contributed by atoms with E-state index in [1.807, 2.05) is 77.7 Å². The Morgan fingerprint density at radius 1 is 0.837 bits per heavy atom. The number of hydrogen-bond donors (Lipinski definition) is 2. The molecule has 1 aliphatic heterocycles. The third-order valence-corrected chi connectivity index (χ3v) is 9.05. The number of pyridine rings is 1. The maximum atomic E-state index is 14.3. The van der Waals surface area contributed by atoms with Crippen LogP contribution in [0.15, 0.2) is 84.9 Å². The molecule has 4 aromatic rings. The molecule has 1 saturated carbocycles. The number of rotatable bonds is 7. The molecule has 43 heavy (non-hydrogen) atoms. The summed E-state index contributed by atoms with van der Waals surface area (Å²) in [5.74, 6) is 0.489. The molecule has 1 saturated heterocycles. The standard InChI is InChI=1S/C36H41N5O2/c1-26(27-13-5-2-6-14-27)37-35(42)33-30-19-11-12-20-32(30)39-34(28-15-7-3-8-16-28)31(33)25-40-21-23-41(24-22-40)36(43)38-29-17-9-4-10-18-29/h3-4,7-12,15-20,26-27H,2,5-6,13-14,21-25H2,1H3,(H,37,42)(H,38,43)/t26-/m0/s1. The van der Waals surface area contributed by atoms with E-state index in [4.69, 9.17) is 4.98 Å². The SMILES string of the molecule is C[C@H](NC(=O)c1c(CN2CCN(C(=O)Nc3ccccc3)CC2)c(-c2ccccc2)nc2ccccc12)C1CCCCC1. The molecule has 1 aromatic heterocycles. The molecule has 3 amide bonds. The number of urea groups is 1. The van der Waals surface area contributed by atoms with Gasteiger partial charge in [0.15, 0.2) is 0 Å². The molecular weight excluding hydrogens is 534 g/mol. The van der Waals surface area contributed by atoms with E-state index >= 15 is 0 Å². The van der Waals surface area contributed by atoms with Crippen LogP contribution in [0.3, 0.4) is 0 Å². The fraction of sp³-hybridized carbons (Fsp3) is 0.361. The average molecular weight is 576 g/mol. The van der Waals surface area contributed by atoms with Gasteiger partial charge < -0.3 is 15.5 Å². The fourth-order valence-corrected chi connectivity index (χ4v) is 6.59. The minimum atomic E-state index is -0.0834. The van der Waals surface area contributed by atoms with Crippen molar-refractivity contribution in [3.8, 4) is 11.3 Å². The summed E-state index contributed by atoms with van der Waals surface area (Å²) in [4.78, 5) is 36.5. The number of carbonyl (C=O) groups is 2. The number of para-hydroxylation sites is 2. The van der Waals surface area contributed by atoms with Crippen molar-refractivity contribution in [1.29, 1.82) is 0 Å². The Balaban J connectivity index is 1.29. The van der Waals surface area contributed by atoms with Crippen LogP contribution in [-0.4, -0.2) is 58.9 Å². The molecule has 2 N–H and O–H groups in total. The summed E-state index contributed by atoms with van der Waals surface area (Å²) >= 11 is 0. The van der Waals surface area contributed by atoms with Crippen molar-refractivity contribution in [2.75, 3.05) is 31.5 Å². The quantitative estimate of drug-likeness (QED) is 0.250. The van der Waals surface area contributed by atoms with Crippen molar-refractivity contribution >= 4 is 28.5 Å². The highest BCUT2D eigenvalue weighted by Gasteiger charge is 2.28. The van der Waals surface area contributed by atoms with Gasteiger partial charge in [-0.3, -0.25) is 9.69 Å². The zero-order chi connectivity index (χ0) is 29.6. The summed E-state index contributed by atoms with van der Waals surface area (Å²) in [6, 6.07) is 27.8. The molecule has 0 unspecified atom stereocenters. The van der Waals surface area contributed by atoms with Gasteiger partial charge in [0, 0.05) is 61.0 Å². The number of fused-ring (bicyclic) bond motifs is 1. The Hall–Kier alpha value is -4.23. The number of aromatic nitrogens is 1. The predicted molar refractivity (Wildman–Crippen MR) is 173 cm³/mol. The smallest absolute Gasteiger partial charge is 0.321 e. The molecular formula is C36H41N5O2. The fourth-order valence-electron chi connectivity index (χ4n) is 6.59. The van der Waals surface area contributed by atoms with Gasteiger partial charge in [0.05, 0.1) is 16.8 Å². The van der Waals surface area contributed by atoms with E-state index in [1.54, 1.807) is 0 Å². The molecule has 222 valence electrons. The van der Waals surface area contributed by atoms with Gasteiger partial charge in [-0.25, -0.2) is 9.78 Å². The Kier molecular flexibility index (Phi) is 8.99. The van der Waals surface area contributed by atoms with Gasteiger partial charge in [0.1, 0.15) is 0 Å². The van der Waals surface area contributed by atoms with Crippen molar-refractivity contribution in [3.05, 3.63) is 96.1 Å². The van der Waals surface area contributed by atoms with Crippen LogP contribution >= 0.6 is 0 Å². The Morgan fingerprint density at radius 2 is 1.49 bits per heavy atom. The minimum absolute atomic E-state index is 0.0234. The van der Waals surface area contributed by atoms with Gasteiger partial charge in [-0.2, -0.15) is 0 Å². The molecule has 6 rings (SSSR count). The van der Waals surface area contributed by atoms with Crippen LogP contribution in [-0.2, 0) is 6.54 Å². The van der Waals surface area contributed by atoms with E-state index in [9.17, 15) is 9.59 Å². The summed E-state index contributed by atoms with van der Waals surface area (Å²) in [6.45, 7) is 5.39. The lowest BCUT2D eigenvalue weighted by molar-refractivity contribution is 0.0918. The first-order valence-electron chi connectivity index (χ1n) is 15.7. The van der Waals surface area contributed by atoms with E-state index in [0.717, 1.165) is 39.0 Å². The Morgan fingerprint density at radius 3 is 2.21 bits per heavy atom. The monoisotopic (exact) mass is 575 g/mol. The largest absolute Gasteiger partial charge is 0.349 e. The van der Waals surface area contributed by atoms with Gasteiger partial charge in [-0.15, -0.1) is 0 Å².